The van der Waals surface area contributed by atoms with E-state index in [4.69, 9.17) is 0 Å². The van der Waals surface area contributed by atoms with Crippen molar-refractivity contribution < 1.29 is 17.9 Å². The normalized spacial score (nSPS) is 14.8. The van der Waals surface area contributed by atoms with Gasteiger partial charge in [0.15, 0.2) is 5.75 Å². The number of halogens is 3. The highest BCUT2D eigenvalue weighted by atomic mass is 19.4. The molecule has 0 radical (unpaired) electrons. The van der Waals surface area contributed by atoms with Crippen LogP contribution in [0, 0.1) is 0 Å². The van der Waals surface area contributed by atoms with Crippen LogP contribution in [0.5, 0.6) is 5.75 Å². The number of benzene rings is 2. The Morgan fingerprint density at radius 1 is 0.905 bits per heavy atom. The Balaban J connectivity index is 1.75. The van der Waals surface area contributed by atoms with Gasteiger partial charge in [0.25, 0.3) is 0 Å². The van der Waals surface area contributed by atoms with Crippen molar-refractivity contribution in [3.63, 3.8) is 0 Å². The van der Waals surface area contributed by atoms with Crippen molar-refractivity contribution in [2.75, 3.05) is 5.32 Å². The van der Waals surface area contributed by atoms with Gasteiger partial charge in [-0.1, -0.05) is 36.4 Å². The molecule has 0 saturated heterocycles. The Hall–Kier alpha value is -2.17. The van der Waals surface area contributed by atoms with E-state index in [1.807, 2.05) is 12.1 Å². The van der Waals surface area contributed by atoms with Gasteiger partial charge >= 0.3 is 6.36 Å². The van der Waals surface area contributed by atoms with Gasteiger partial charge in [0.2, 0.25) is 0 Å². The van der Waals surface area contributed by atoms with Gasteiger partial charge in [-0.15, -0.1) is 13.2 Å². The molecule has 1 aliphatic carbocycles. The third-order valence-corrected chi connectivity index (χ3v) is 3.52. The highest BCUT2D eigenvalue weighted by Crippen LogP contribution is 2.32. The molecule has 0 amide bonds. The lowest BCUT2D eigenvalue weighted by Crippen LogP contribution is -2.22. The van der Waals surface area contributed by atoms with E-state index in [1.54, 1.807) is 12.1 Å². The van der Waals surface area contributed by atoms with Crippen molar-refractivity contribution in [2.45, 2.75) is 25.2 Å². The number of hydrogen-bond donors (Lipinski definition) is 1. The molecule has 0 atom stereocenters. The summed E-state index contributed by atoms with van der Waals surface area (Å²) in [5.74, 6) is -0.194. The summed E-state index contributed by atoms with van der Waals surface area (Å²) >= 11 is 0. The Morgan fingerprint density at radius 2 is 1.48 bits per heavy atom. The number of para-hydroxylation sites is 2. The van der Waals surface area contributed by atoms with Gasteiger partial charge in [-0.2, -0.15) is 0 Å². The van der Waals surface area contributed by atoms with Gasteiger partial charge in [-0.3, -0.25) is 0 Å². The van der Waals surface area contributed by atoms with E-state index in [2.05, 4.69) is 22.2 Å². The minimum absolute atomic E-state index is 0.0837. The second kappa shape index (κ2) is 5.31. The molecule has 0 aromatic heterocycles. The number of nitrogens with one attached hydrogen (secondary N) is 1. The average Bonchev–Trinajstić information content (AvgIpc) is 2.81. The van der Waals surface area contributed by atoms with E-state index >= 15 is 0 Å². The molecule has 110 valence electrons. The second-order valence-electron chi connectivity index (χ2n) is 5.06. The van der Waals surface area contributed by atoms with Gasteiger partial charge in [0.05, 0.1) is 5.69 Å². The summed E-state index contributed by atoms with van der Waals surface area (Å²) in [6.07, 6.45) is -3.08. The van der Waals surface area contributed by atoms with Crippen LogP contribution >= 0.6 is 0 Å². The first kappa shape index (κ1) is 13.8. The molecule has 0 spiro atoms. The molecule has 2 aromatic rings. The second-order valence-corrected chi connectivity index (χ2v) is 5.06. The minimum atomic E-state index is -4.68. The number of fused-ring (bicyclic) bond motifs is 1. The van der Waals surface area contributed by atoms with E-state index in [0.29, 0.717) is 5.69 Å². The molecule has 0 unspecified atom stereocenters. The molecular formula is C16H14F3NO. The van der Waals surface area contributed by atoms with Crippen LogP contribution in [0.3, 0.4) is 0 Å². The first-order valence-electron chi connectivity index (χ1n) is 6.69. The predicted octanol–water partition coefficient (Wildman–Crippen LogP) is 4.16. The van der Waals surface area contributed by atoms with Crippen LogP contribution in [0.15, 0.2) is 48.5 Å². The average molecular weight is 293 g/mol. The van der Waals surface area contributed by atoms with Gasteiger partial charge in [-0.05, 0) is 36.1 Å². The fourth-order valence-electron chi connectivity index (χ4n) is 2.68. The van der Waals surface area contributed by atoms with Gasteiger partial charge in [0, 0.05) is 6.04 Å². The summed E-state index contributed by atoms with van der Waals surface area (Å²) in [6, 6.07) is 14.3. The maximum atomic E-state index is 12.4. The quantitative estimate of drug-likeness (QED) is 0.917. The number of rotatable bonds is 3. The van der Waals surface area contributed by atoms with Crippen molar-refractivity contribution in [1.82, 2.24) is 0 Å². The lowest BCUT2D eigenvalue weighted by atomic mass is 10.1. The maximum Gasteiger partial charge on any atom is 0.573 e. The molecule has 3 rings (SSSR count). The molecule has 1 aliphatic rings. The Bertz CT molecular complexity index is 614. The van der Waals surface area contributed by atoms with Gasteiger partial charge in [-0.25, -0.2) is 0 Å². The molecule has 0 heterocycles. The van der Waals surface area contributed by atoms with Crippen molar-refractivity contribution in [3.05, 3.63) is 59.7 Å². The van der Waals surface area contributed by atoms with Crippen LogP contribution in [-0.4, -0.2) is 12.4 Å². The molecule has 2 nitrogen and oxygen atoms in total. The summed E-state index contributed by atoms with van der Waals surface area (Å²) in [5.41, 5.74) is 2.85. The first-order chi connectivity index (χ1) is 10.0. The summed E-state index contributed by atoms with van der Waals surface area (Å²) in [6.45, 7) is 0. The highest BCUT2D eigenvalue weighted by Gasteiger charge is 2.32. The highest BCUT2D eigenvalue weighted by molar-refractivity contribution is 5.57. The van der Waals surface area contributed by atoms with Crippen LogP contribution in [0.1, 0.15) is 11.1 Å². The molecular weight excluding hydrogens is 279 g/mol. The number of anilines is 1. The molecule has 21 heavy (non-hydrogen) atoms. The van der Waals surface area contributed by atoms with Crippen molar-refractivity contribution in [1.29, 1.82) is 0 Å². The largest absolute Gasteiger partial charge is 0.573 e. The fourth-order valence-corrected chi connectivity index (χ4v) is 2.68. The van der Waals surface area contributed by atoms with Gasteiger partial charge in [0.1, 0.15) is 0 Å². The van der Waals surface area contributed by atoms with E-state index in [9.17, 15) is 13.2 Å². The monoisotopic (exact) mass is 293 g/mol. The molecule has 2 aromatic carbocycles. The maximum absolute atomic E-state index is 12.4. The zero-order chi connectivity index (χ0) is 14.9. The smallest absolute Gasteiger partial charge is 0.404 e. The van der Waals surface area contributed by atoms with E-state index in [-0.39, 0.29) is 11.8 Å². The van der Waals surface area contributed by atoms with Crippen LogP contribution in [0.25, 0.3) is 0 Å². The van der Waals surface area contributed by atoms with Crippen molar-refractivity contribution in [3.8, 4) is 5.75 Å². The standard InChI is InChI=1S/C16H14F3NO/c17-16(18,19)21-15-8-4-3-7-14(15)20-13-9-11-5-1-2-6-12(11)10-13/h1-8,13,20H,9-10H2. The Morgan fingerprint density at radius 3 is 2.10 bits per heavy atom. The summed E-state index contributed by atoms with van der Waals surface area (Å²) < 4.78 is 41.3. The van der Waals surface area contributed by atoms with Crippen LogP contribution in [0.2, 0.25) is 0 Å². The lowest BCUT2D eigenvalue weighted by Gasteiger charge is -2.18. The number of hydrogen-bond acceptors (Lipinski definition) is 2. The van der Waals surface area contributed by atoms with Crippen LogP contribution in [0.4, 0.5) is 18.9 Å². The van der Waals surface area contributed by atoms with Crippen molar-refractivity contribution >= 4 is 5.69 Å². The third kappa shape index (κ3) is 3.29. The Labute approximate surface area is 120 Å². The van der Waals surface area contributed by atoms with Crippen LogP contribution < -0.4 is 10.1 Å². The predicted molar refractivity (Wildman–Crippen MR) is 74.4 cm³/mol. The topological polar surface area (TPSA) is 21.3 Å². The van der Waals surface area contributed by atoms with Gasteiger partial charge < -0.3 is 10.1 Å². The molecule has 0 bridgehead atoms. The summed E-state index contributed by atoms with van der Waals surface area (Å²) in [7, 11) is 0. The number of ether oxygens (including phenoxy) is 1. The summed E-state index contributed by atoms with van der Waals surface area (Å²) in [4.78, 5) is 0. The fraction of sp³-hybridized carbons (Fsp3) is 0.250. The van der Waals surface area contributed by atoms with E-state index in [0.717, 1.165) is 12.8 Å². The van der Waals surface area contributed by atoms with Crippen molar-refractivity contribution in [2.24, 2.45) is 0 Å². The zero-order valence-corrected chi connectivity index (χ0v) is 11.2. The minimum Gasteiger partial charge on any atom is -0.404 e. The lowest BCUT2D eigenvalue weighted by molar-refractivity contribution is -0.274. The van der Waals surface area contributed by atoms with E-state index < -0.39 is 6.36 Å². The molecule has 5 heteroatoms. The number of alkyl halides is 3. The molecule has 1 N–H and O–H groups in total. The zero-order valence-electron chi connectivity index (χ0n) is 11.2. The Kier molecular flexibility index (Phi) is 3.49. The summed E-state index contributed by atoms with van der Waals surface area (Å²) in [5, 5.41) is 3.15. The molecule has 0 fully saturated rings. The first-order valence-corrected chi connectivity index (χ1v) is 6.69. The molecule has 0 aliphatic heterocycles. The third-order valence-electron chi connectivity index (χ3n) is 3.52. The SMILES string of the molecule is FC(F)(F)Oc1ccccc1NC1Cc2ccccc2C1. The van der Waals surface area contributed by atoms with E-state index in [1.165, 1.54) is 23.3 Å². The molecule has 0 saturated carbocycles. The van der Waals surface area contributed by atoms with Crippen LogP contribution in [-0.2, 0) is 12.8 Å².